The molecule has 0 aliphatic heterocycles. The Morgan fingerprint density at radius 3 is 2.67 bits per heavy atom. The fraction of sp³-hybridized carbons (Fsp3) is 0.500. The SMILES string of the molecule is Cc1cc(CNS(=O)(=O)c2c(C)nn(CCO)c2C)on1. The molecule has 0 amide bonds. The molecule has 116 valence electrons. The Hall–Kier alpha value is -1.71. The van der Waals surface area contributed by atoms with Gasteiger partial charge in [0.2, 0.25) is 10.0 Å². The molecule has 2 aromatic rings. The second kappa shape index (κ2) is 5.96. The molecule has 9 heteroatoms. The zero-order valence-corrected chi connectivity index (χ0v) is 12.9. The molecule has 2 aromatic heterocycles. The van der Waals surface area contributed by atoms with E-state index in [1.54, 1.807) is 26.8 Å². The molecule has 0 aliphatic rings. The minimum atomic E-state index is -3.71. The van der Waals surface area contributed by atoms with Crippen molar-refractivity contribution in [3.63, 3.8) is 0 Å². The van der Waals surface area contributed by atoms with Gasteiger partial charge in [-0.3, -0.25) is 4.68 Å². The Morgan fingerprint density at radius 1 is 1.38 bits per heavy atom. The van der Waals surface area contributed by atoms with Crippen LogP contribution in [0, 0.1) is 20.8 Å². The van der Waals surface area contributed by atoms with Crippen molar-refractivity contribution in [3.8, 4) is 0 Å². The fourth-order valence-corrected chi connectivity index (χ4v) is 3.52. The van der Waals surface area contributed by atoms with E-state index in [1.807, 2.05) is 0 Å². The number of aliphatic hydroxyl groups excluding tert-OH is 1. The molecule has 0 spiro atoms. The zero-order valence-electron chi connectivity index (χ0n) is 12.1. The second-order valence-electron chi connectivity index (χ2n) is 4.71. The van der Waals surface area contributed by atoms with E-state index < -0.39 is 10.0 Å². The smallest absolute Gasteiger partial charge is 0.244 e. The highest BCUT2D eigenvalue weighted by molar-refractivity contribution is 7.89. The summed E-state index contributed by atoms with van der Waals surface area (Å²) in [6, 6.07) is 1.66. The molecular weight excluding hydrogens is 296 g/mol. The number of aryl methyl sites for hydroxylation is 2. The number of sulfonamides is 1. The van der Waals surface area contributed by atoms with Crippen LogP contribution in [0.1, 0.15) is 22.8 Å². The van der Waals surface area contributed by atoms with Crippen molar-refractivity contribution in [1.82, 2.24) is 19.7 Å². The number of aliphatic hydroxyl groups is 1. The first-order chi connectivity index (χ1) is 9.85. The highest BCUT2D eigenvalue weighted by Crippen LogP contribution is 2.19. The quantitative estimate of drug-likeness (QED) is 0.791. The van der Waals surface area contributed by atoms with Crippen molar-refractivity contribution in [2.24, 2.45) is 0 Å². The molecule has 0 atom stereocenters. The highest BCUT2D eigenvalue weighted by atomic mass is 32.2. The third-order valence-electron chi connectivity index (χ3n) is 3.01. The number of aromatic nitrogens is 3. The lowest BCUT2D eigenvalue weighted by molar-refractivity contribution is 0.267. The van der Waals surface area contributed by atoms with Crippen LogP contribution in [0.15, 0.2) is 15.5 Å². The molecular formula is C12H18N4O4S. The lowest BCUT2D eigenvalue weighted by Crippen LogP contribution is -2.24. The van der Waals surface area contributed by atoms with Gasteiger partial charge in [0.1, 0.15) is 4.90 Å². The van der Waals surface area contributed by atoms with Crippen LogP contribution in [0.4, 0.5) is 0 Å². The van der Waals surface area contributed by atoms with Crippen LogP contribution in [0.25, 0.3) is 0 Å². The van der Waals surface area contributed by atoms with E-state index in [-0.39, 0.29) is 24.6 Å². The molecule has 2 N–H and O–H groups in total. The van der Waals surface area contributed by atoms with Crippen LogP contribution < -0.4 is 4.72 Å². The maximum absolute atomic E-state index is 12.4. The molecule has 0 bridgehead atoms. The third-order valence-corrected chi connectivity index (χ3v) is 4.66. The summed E-state index contributed by atoms with van der Waals surface area (Å²) in [5.74, 6) is 0.439. The summed E-state index contributed by atoms with van der Waals surface area (Å²) in [5.41, 5.74) is 1.57. The second-order valence-corrected chi connectivity index (χ2v) is 6.41. The first-order valence-corrected chi connectivity index (χ1v) is 7.90. The maximum Gasteiger partial charge on any atom is 0.244 e. The Morgan fingerprint density at radius 2 is 2.10 bits per heavy atom. The van der Waals surface area contributed by atoms with E-state index in [9.17, 15) is 8.42 Å². The lowest BCUT2D eigenvalue weighted by atomic mass is 10.4. The average molecular weight is 314 g/mol. The molecule has 2 heterocycles. The molecule has 0 saturated heterocycles. The van der Waals surface area contributed by atoms with E-state index in [0.717, 1.165) is 0 Å². The van der Waals surface area contributed by atoms with Gasteiger partial charge in [0.15, 0.2) is 5.76 Å². The van der Waals surface area contributed by atoms with Crippen molar-refractivity contribution in [2.75, 3.05) is 6.61 Å². The molecule has 2 rings (SSSR count). The summed E-state index contributed by atoms with van der Waals surface area (Å²) in [6.45, 7) is 5.20. The van der Waals surface area contributed by atoms with Crippen LogP contribution in [-0.4, -0.2) is 35.1 Å². The highest BCUT2D eigenvalue weighted by Gasteiger charge is 2.24. The third kappa shape index (κ3) is 3.31. The van der Waals surface area contributed by atoms with Crippen LogP contribution in [0.3, 0.4) is 0 Å². The number of hydrogen-bond donors (Lipinski definition) is 2. The van der Waals surface area contributed by atoms with Gasteiger partial charge in [-0.25, -0.2) is 13.1 Å². The van der Waals surface area contributed by atoms with Gasteiger partial charge in [-0.1, -0.05) is 5.16 Å². The van der Waals surface area contributed by atoms with Crippen LogP contribution in [0.5, 0.6) is 0 Å². The summed E-state index contributed by atoms with van der Waals surface area (Å²) in [6.07, 6.45) is 0. The predicted molar refractivity (Wildman–Crippen MR) is 74.1 cm³/mol. The number of hydrogen-bond acceptors (Lipinski definition) is 6. The van der Waals surface area contributed by atoms with Crippen molar-refractivity contribution in [1.29, 1.82) is 0 Å². The van der Waals surface area contributed by atoms with Gasteiger partial charge in [-0.05, 0) is 20.8 Å². The van der Waals surface area contributed by atoms with Crippen LogP contribution >= 0.6 is 0 Å². The normalized spacial score (nSPS) is 12.0. The predicted octanol–water partition coefficient (Wildman–Crippen LogP) is 0.267. The molecule has 8 nitrogen and oxygen atoms in total. The Balaban J connectivity index is 2.23. The maximum atomic E-state index is 12.4. The topological polar surface area (TPSA) is 110 Å². The van der Waals surface area contributed by atoms with Gasteiger partial charge in [-0.15, -0.1) is 0 Å². The number of nitrogens with zero attached hydrogens (tertiary/aromatic N) is 3. The van der Waals surface area contributed by atoms with Gasteiger partial charge in [0, 0.05) is 6.07 Å². The summed E-state index contributed by atoms with van der Waals surface area (Å²) in [5, 5.41) is 16.8. The Kier molecular flexibility index (Phi) is 4.45. The lowest BCUT2D eigenvalue weighted by Gasteiger charge is -2.06. The standard InChI is InChI=1S/C12H18N4O4S/c1-8-6-11(20-15-8)7-13-21(18,19)12-9(2)14-16(4-5-17)10(12)3/h6,13,17H,4-5,7H2,1-3H3. The molecule has 21 heavy (non-hydrogen) atoms. The monoisotopic (exact) mass is 314 g/mol. The molecule has 0 unspecified atom stereocenters. The molecule has 0 radical (unpaired) electrons. The first-order valence-electron chi connectivity index (χ1n) is 6.42. The molecule has 0 aromatic carbocycles. The van der Waals surface area contributed by atoms with E-state index >= 15 is 0 Å². The minimum Gasteiger partial charge on any atom is -0.394 e. The largest absolute Gasteiger partial charge is 0.394 e. The van der Waals surface area contributed by atoms with Crippen molar-refractivity contribution in [3.05, 3.63) is 28.9 Å². The summed E-state index contributed by atoms with van der Waals surface area (Å²) < 4.78 is 33.7. The molecule has 0 fully saturated rings. The molecule has 0 aliphatic carbocycles. The van der Waals surface area contributed by atoms with E-state index in [1.165, 1.54) is 4.68 Å². The van der Waals surface area contributed by atoms with E-state index in [2.05, 4.69) is 15.0 Å². The first kappa shape index (κ1) is 15.7. The Labute approximate surface area is 122 Å². The van der Waals surface area contributed by atoms with Crippen LogP contribution in [-0.2, 0) is 23.1 Å². The van der Waals surface area contributed by atoms with Gasteiger partial charge in [-0.2, -0.15) is 5.10 Å². The fourth-order valence-electron chi connectivity index (χ4n) is 2.12. The van der Waals surface area contributed by atoms with Gasteiger partial charge in [0.25, 0.3) is 0 Å². The van der Waals surface area contributed by atoms with Gasteiger partial charge < -0.3 is 9.63 Å². The van der Waals surface area contributed by atoms with Crippen molar-refractivity contribution >= 4 is 10.0 Å². The van der Waals surface area contributed by atoms with Crippen LogP contribution in [0.2, 0.25) is 0 Å². The van der Waals surface area contributed by atoms with E-state index in [0.29, 0.717) is 22.8 Å². The number of nitrogens with one attached hydrogen (secondary N) is 1. The molecule has 0 saturated carbocycles. The average Bonchev–Trinajstić information content (AvgIpc) is 2.93. The van der Waals surface area contributed by atoms with Gasteiger partial charge >= 0.3 is 0 Å². The zero-order chi connectivity index (χ0) is 15.6. The van der Waals surface area contributed by atoms with Crippen molar-refractivity contribution in [2.45, 2.75) is 38.8 Å². The van der Waals surface area contributed by atoms with E-state index in [4.69, 9.17) is 9.63 Å². The summed E-state index contributed by atoms with van der Waals surface area (Å²) in [4.78, 5) is 0.132. The minimum absolute atomic E-state index is 0.0211. The Bertz CT molecular complexity index is 733. The summed E-state index contributed by atoms with van der Waals surface area (Å²) in [7, 11) is -3.71. The van der Waals surface area contributed by atoms with Gasteiger partial charge in [0.05, 0.1) is 36.8 Å². The number of rotatable bonds is 6. The van der Waals surface area contributed by atoms with Crippen molar-refractivity contribution < 1.29 is 18.0 Å². The summed E-state index contributed by atoms with van der Waals surface area (Å²) >= 11 is 0.